The molecule has 9 heteroatoms. The summed E-state index contributed by atoms with van der Waals surface area (Å²) in [5.74, 6) is -0.652. The summed E-state index contributed by atoms with van der Waals surface area (Å²) in [5, 5.41) is 8.78. The first-order chi connectivity index (χ1) is 14.0. The van der Waals surface area contributed by atoms with E-state index < -0.39 is 24.2 Å². The van der Waals surface area contributed by atoms with E-state index in [9.17, 15) is 18.0 Å². The molecule has 0 amide bonds. The monoisotopic (exact) mass is 490 g/mol. The van der Waals surface area contributed by atoms with Crippen LogP contribution in [0.25, 0.3) is 0 Å². The average Bonchev–Trinajstić information content (AvgIpc) is 2.62. The number of benzene rings is 2. The molecule has 164 valence electrons. The maximum Gasteiger partial charge on any atom is 0.573 e. The Morgan fingerprint density at radius 3 is 2.53 bits per heavy atom. The van der Waals surface area contributed by atoms with Crippen LogP contribution in [0.15, 0.2) is 40.9 Å². The molecule has 0 bridgehead atoms. The van der Waals surface area contributed by atoms with E-state index in [1.165, 1.54) is 12.1 Å². The number of carboxylic acids is 1. The van der Waals surface area contributed by atoms with Gasteiger partial charge in [-0.15, -0.1) is 13.2 Å². The number of ether oxygens (including phenoxy) is 3. The number of carboxylic acid groups (broad SMARTS) is 1. The Hall–Kier alpha value is -2.42. The predicted molar refractivity (Wildman–Crippen MR) is 108 cm³/mol. The molecule has 5 nitrogen and oxygen atoms in total. The first-order valence-electron chi connectivity index (χ1n) is 9.19. The zero-order valence-corrected chi connectivity index (χ0v) is 18.0. The van der Waals surface area contributed by atoms with E-state index in [2.05, 4.69) is 20.7 Å². The molecule has 0 aliphatic rings. The lowest BCUT2D eigenvalue weighted by Gasteiger charge is -2.19. The largest absolute Gasteiger partial charge is 0.573 e. The van der Waals surface area contributed by atoms with E-state index in [1.807, 2.05) is 19.1 Å². The van der Waals surface area contributed by atoms with E-state index in [-0.39, 0.29) is 12.2 Å². The Morgan fingerprint density at radius 1 is 1.17 bits per heavy atom. The second kappa shape index (κ2) is 10.6. The molecule has 2 aromatic rings. The molecule has 2 aromatic carbocycles. The first-order valence-corrected chi connectivity index (χ1v) is 9.99. The van der Waals surface area contributed by atoms with Gasteiger partial charge in [0.25, 0.3) is 0 Å². The van der Waals surface area contributed by atoms with Crippen LogP contribution < -0.4 is 14.2 Å². The minimum absolute atomic E-state index is 0.0124. The third-order valence-electron chi connectivity index (χ3n) is 4.17. The summed E-state index contributed by atoms with van der Waals surface area (Å²) in [6, 6.07) is 9.58. The van der Waals surface area contributed by atoms with Crippen LogP contribution in [-0.4, -0.2) is 30.1 Å². The minimum atomic E-state index is -4.82. The molecular formula is C21H22BrF3O5. The van der Waals surface area contributed by atoms with Gasteiger partial charge in [0.05, 0.1) is 12.7 Å². The number of rotatable bonds is 10. The zero-order valence-electron chi connectivity index (χ0n) is 16.5. The van der Waals surface area contributed by atoms with Crippen molar-refractivity contribution in [3.63, 3.8) is 0 Å². The van der Waals surface area contributed by atoms with Crippen molar-refractivity contribution in [1.82, 2.24) is 0 Å². The highest BCUT2D eigenvalue weighted by molar-refractivity contribution is 9.10. The topological polar surface area (TPSA) is 65.0 Å². The van der Waals surface area contributed by atoms with Crippen LogP contribution in [0.5, 0.6) is 17.2 Å². The van der Waals surface area contributed by atoms with E-state index in [0.29, 0.717) is 29.7 Å². The summed E-state index contributed by atoms with van der Waals surface area (Å²) < 4.78 is 53.5. The van der Waals surface area contributed by atoms with Gasteiger partial charge in [-0.1, -0.05) is 22.0 Å². The normalized spacial score (nSPS) is 12.3. The summed E-state index contributed by atoms with van der Waals surface area (Å²) >= 11 is 3.11. The first kappa shape index (κ1) is 23.9. The van der Waals surface area contributed by atoms with Gasteiger partial charge in [0.1, 0.15) is 5.75 Å². The van der Waals surface area contributed by atoms with Gasteiger partial charge in [0.15, 0.2) is 11.5 Å². The zero-order chi connectivity index (χ0) is 22.3. The molecule has 0 heterocycles. The van der Waals surface area contributed by atoms with Crippen molar-refractivity contribution < 1.29 is 37.3 Å². The molecule has 0 unspecified atom stereocenters. The summed E-state index contributed by atoms with van der Waals surface area (Å²) in [7, 11) is 0. The molecule has 2 rings (SSSR count). The quantitative estimate of drug-likeness (QED) is 0.448. The van der Waals surface area contributed by atoms with Crippen molar-refractivity contribution in [2.24, 2.45) is 0 Å². The number of aryl methyl sites for hydroxylation is 2. The minimum Gasteiger partial charge on any atom is -0.493 e. The van der Waals surface area contributed by atoms with Crippen LogP contribution in [0.3, 0.4) is 0 Å². The molecule has 0 aromatic heterocycles. The fourth-order valence-corrected chi connectivity index (χ4v) is 3.02. The van der Waals surface area contributed by atoms with Crippen LogP contribution >= 0.6 is 15.9 Å². The summed E-state index contributed by atoms with van der Waals surface area (Å²) in [6.45, 7) is 3.90. The molecule has 0 aliphatic heterocycles. The highest BCUT2D eigenvalue weighted by Crippen LogP contribution is 2.35. The molecule has 0 radical (unpaired) electrons. The summed E-state index contributed by atoms with van der Waals surface area (Å²) in [6.07, 6.45) is -4.30. The molecule has 0 saturated heterocycles. The predicted octanol–water partition coefficient (Wildman–Crippen LogP) is 5.91. The van der Waals surface area contributed by atoms with Crippen molar-refractivity contribution in [2.75, 3.05) is 6.61 Å². The number of halogens is 4. The van der Waals surface area contributed by atoms with Gasteiger partial charge < -0.3 is 19.3 Å². The average molecular weight is 491 g/mol. The second-order valence-electron chi connectivity index (χ2n) is 6.69. The van der Waals surface area contributed by atoms with Crippen molar-refractivity contribution in [3.8, 4) is 17.2 Å². The van der Waals surface area contributed by atoms with Crippen molar-refractivity contribution in [3.05, 3.63) is 52.0 Å². The number of hydrogen-bond donors (Lipinski definition) is 1. The van der Waals surface area contributed by atoms with Crippen LogP contribution in [0.2, 0.25) is 0 Å². The third kappa shape index (κ3) is 8.14. The van der Waals surface area contributed by atoms with Crippen LogP contribution in [-0.2, 0) is 11.2 Å². The Balaban J connectivity index is 1.89. The Labute approximate surface area is 180 Å². The number of hydrogen-bond acceptors (Lipinski definition) is 4. The molecule has 1 N–H and O–H groups in total. The standard InChI is InChI=1S/C21H22BrF3O5/c1-13-11-17(6-3-15(13)4-8-20(26)27)28-10-9-14(2)29-18-7-5-16(22)12-19(18)30-21(23,24)25/h3,5-7,11-12,14H,4,8-10H2,1-2H3,(H,26,27)/t14-/m1/s1. The van der Waals surface area contributed by atoms with Gasteiger partial charge >= 0.3 is 12.3 Å². The third-order valence-corrected chi connectivity index (χ3v) is 4.67. The molecule has 0 fully saturated rings. The lowest BCUT2D eigenvalue weighted by Crippen LogP contribution is -2.20. The lowest BCUT2D eigenvalue weighted by atomic mass is 10.0. The van der Waals surface area contributed by atoms with Gasteiger partial charge in [-0.3, -0.25) is 4.79 Å². The second-order valence-corrected chi connectivity index (χ2v) is 7.60. The van der Waals surface area contributed by atoms with Gasteiger partial charge in [0.2, 0.25) is 0 Å². The SMILES string of the molecule is Cc1cc(OCC[C@@H](C)Oc2ccc(Br)cc2OC(F)(F)F)ccc1CCC(=O)O. The molecular weight excluding hydrogens is 469 g/mol. The van der Waals surface area contributed by atoms with Gasteiger partial charge in [-0.05, 0) is 61.7 Å². The number of aliphatic carboxylic acids is 1. The molecule has 30 heavy (non-hydrogen) atoms. The summed E-state index contributed by atoms with van der Waals surface area (Å²) in [5.41, 5.74) is 1.87. The fourth-order valence-electron chi connectivity index (χ4n) is 2.68. The maximum absolute atomic E-state index is 12.6. The molecule has 1 atom stereocenters. The Morgan fingerprint density at radius 2 is 1.90 bits per heavy atom. The van der Waals surface area contributed by atoms with E-state index >= 15 is 0 Å². The van der Waals surface area contributed by atoms with Crippen LogP contribution in [0.4, 0.5) is 13.2 Å². The molecule has 0 aliphatic carbocycles. The molecule has 0 spiro atoms. The van der Waals surface area contributed by atoms with Gasteiger partial charge in [-0.25, -0.2) is 0 Å². The van der Waals surface area contributed by atoms with E-state index in [0.717, 1.165) is 11.1 Å². The number of alkyl halides is 3. The highest BCUT2D eigenvalue weighted by Gasteiger charge is 2.32. The smallest absolute Gasteiger partial charge is 0.493 e. The van der Waals surface area contributed by atoms with Crippen molar-refractivity contribution in [1.29, 1.82) is 0 Å². The fraction of sp³-hybridized carbons (Fsp3) is 0.381. The van der Waals surface area contributed by atoms with Crippen molar-refractivity contribution >= 4 is 21.9 Å². The van der Waals surface area contributed by atoms with E-state index in [1.54, 1.807) is 19.1 Å². The molecule has 0 saturated carbocycles. The van der Waals surface area contributed by atoms with Crippen LogP contribution in [0.1, 0.15) is 30.9 Å². The number of carbonyl (C=O) groups is 1. The van der Waals surface area contributed by atoms with Crippen molar-refractivity contribution in [2.45, 2.75) is 45.6 Å². The Bertz CT molecular complexity index is 870. The maximum atomic E-state index is 12.6. The summed E-state index contributed by atoms with van der Waals surface area (Å²) in [4.78, 5) is 10.7. The van der Waals surface area contributed by atoms with E-state index in [4.69, 9.17) is 14.6 Å². The van der Waals surface area contributed by atoms with Gasteiger partial charge in [-0.2, -0.15) is 0 Å². The van der Waals surface area contributed by atoms with Gasteiger partial charge in [0, 0.05) is 17.3 Å². The lowest BCUT2D eigenvalue weighted by molar-refractivity contribution is -0.275. The van der Waals surface area contributed by atoms with Crippen LogP contribution in [0, 0.1) is 6.92 Å². The highest BCUT2D eigenvalue weighted by atomic mass is 79.9. The Kier molecular flexibility index (Phi) is 8.40.